The number of hydrogen-bond donors (Lipinski definition) is 3. The van der Waals surface area contributed by atoms with Crippen LogP contribution in [0.2, 0.25) is 5.02 Å². The molecule has 0 aliphatic heterocycles. The second-order valence-electron chi connectivity index (χ2n) is 5.67. The van der Waals surface area contributed by atoms with Crippen LogP contribution in [0.1, 0.15) is 13.8 Å². The molecule has 0 radical (unpaired) electrons. The van der Waals surface area contributed by atoms with Gasteiger partial charge in [-0.15, -0.1) is 24.0 Å². The van der Waals surface area contributed by atoms with Gasteiger partial charge in [-0.3, -0.25) is 4.99 Å². The summed E-state index contributed by atoms with van der Waals surface area (Å²) in [6, 6.07) is 6.12. The van der Waals surface area contributed by atoms with Crippen LogP contribution in [0.5, 0.6) is 0 Å². The molecule has 0 amide bonds. The number of sulfonamides is 1. The van der Waals surface area contributed by atoms with Gasteiger partial charge in [-0.25, -0.2) is 13.1 Å². The van der Waals surface area contributed by atoms with Crippen molar-refractivity contribution >= 4 is 51.6 Å². The molecule has 0 atom stereocenters. The van der Waals surface area contributed by atoms with Gasteiger partial charge in [0.25, 0.3) is 0 Å². The van der Waals surface area contributed by atoms with E-state index in [4.69, 9.17) is 16.3 Å². The number of ether oxygens (including phenoxy) is 1. The monoisotopic (exact) mass is 504 g/mol. The molecule has 0 spiro atoms. The molecule has 144 valence electrons. The van der Waals surface area contributed by atoms with Crippen molar-refractivity contribution in [1.29, 1.82) is 0 Å². The van der Waals surface area contributed by atoms with Crippen molar-refractivity contribution in [1.82, 2.24) is 15.4 Å². The summed E-state index contributed by atoms with van der Waals surface area (Å²) >= 11 is 5.82. The van der Waals surface area contributed by atoms with Crippen LogP contribution >= 0.6 is 35.6 Å². The number of nitrogens with zero attached hydrogens (tertiary/aromatic N) is 1. The number of benzene rings is 1. The predicted octanol–water partition coefficient (Wildman–Crippen LogP) is 1.83. The zero-order chi connectivity index (χ0) is 18.2. The van der Waals surface area contributed by atoms with E-state index in [1.165, 1.54) is 12.1 Å². The first-order valence-corrected chi connectivity index (χ1v) is 9.31. The standard InChI is InChI=1S/C15H25ClN4O3S.HI/c1-15(2,23-4)11-19-14(17-3)18-8-9-20-24(21,22)13-7-5-6-12(16)10-13;/h5-7,10,20H,8-9,11H2,1-4H3,(H2,17,18,19);1H. The lowest BCUT2D eigenvalue weighted by Gasteiger charge is -2.24. The lowest BCUT2D eigenvalue weighted by atomic mass is 10.1. The number of guanidine groups is 1. The summed E-state index contributed by atoms with van der Waals surface area (Å²) in [6.45, 7) is 5.06. The third-order valence-corrected chi connectivity index (χ3v) is 4.97. The molecular weight excluding hydrogens is 479 g/mol. The summed E-state index contributed by atoms with van der Waals surface area (Å²) < 4.78 is 32.1. The Bertz CT molecular complexity index is 668. The highest BCUT2D eigenvalue weighted by atomic mass is 127. The molecule has 0 aliphatic carbocycles. The van der Waals surface area contributed by atoms with E-state index < -0.39 is 10.0 Å². The predicted molar refractivity (Wildman–Crippen MR) is 113 cm³/mol. The maximum atomic E-state index is 12.1. The lowest BCUT2D eigenvalue weighted by molar-refractivity contribution is 0.0268. The molecule has 7 nitrogen and oxygen atoms in total. The minimum atomic E-state index is -3.58. The lowest BCUT2D eigenvalue weighted by Crippen LogP contribution is -2.46. The van der Waals surface area contributed by atoms with Gasteiger partial charge in [0.1, 0.15) is 0 Å². The molecule has 25 heavy (non-hydrogen) atoms. The van der Waals surface area contributed by atoms with Crippen LogP contribution in [0.3, 0.4) is 0 Å². The Labute approximate surface area is 172 Å². The Kier molecular flexibility index (Phi) is 10.9. The van der Waals surface area contributed by atoms with E-state index in [9.17, 15) is 8.42 Å². The van der Waals surface area contributed by atoms with Gasteiger partial charge >= 0.3 is 0 Å². The van der Waals surface area contributed by atoms with Crippen LogP contribution < -0.4 is 15.4 Å². The van der Waals surface area contributed by atoms with E-state index in [0.717, 1.165) is 0 Å². The fraction of sp³-hybridized carbons (Fsp3) is 0.533. The fourth-order valence-corrected chi connectivity index (χ4v) is 3.01. The number of methoxy groups -OCH3 is 1. The number of nitrogens with one attached hydrogen (secondary N) is 3. The van der Waals surface area contributed by atoms with Crippen LogP contribution in [0.4, 0.5) is 0 Å². The highest BCUT2D eigenvalue weighted by Gasteiger charge is 2.17. The molecule has 0 aliphatic rings. The molecule has 0 saturated heterocycles. The Hall–Kier alpha value is -0.620. The molecule has 0 saturated carbocycles. The zero-order valence-corrected chi connectivity index (χ0v) is 18.7. The summed E-state index contributed by atoms with van der Waals surface area (Å²) in [7, 11) is -0.296. The molecule has 0 fully saturated rings. The smallest absolute Gasteiger partial charge is 0.240 e. The Morgan fingerprint density at radius 3 is 2.52 bits per heavy atom. The summed E-state index contributed by atoms with van der Waals surface area (Å²) in [4.78, 5) is 4.21. The Balaban J connectivity index is 0.00000576. The maximum absolute atomic E-state index is 12.1. The molecule has 0 unspecified atom stereocenters. The third kappa shape index (κ3) is 9.04. The van der Waals surface area contributed by atoms with Crippen LogP contribution in [-0.4, -0.2) is 53.8 Å². The van der Waals surface area contributed by atoms with Gasteiger partial charge in [-0.05, 0) is 32.0 Å². The quantitative estimate of drug-likeness (QED) is 0.217. The highest BCUT2D eigenvalue weighted by molar-refractivity contribution is 14.0. The van der Waals surface area contributed by atoms with Gasteiger partial charge < -0.3 is 15.4 Å². The molecule has 3 N–H and O–H groups in total. The van der Waals surface area contributed by atoms with Crippen molar-refractivity contribution in [2.75, 3.05) is 33.8 Å². The number of hydrogen-bond acceptors (Lipinski definition) is 4. The fourth-order valence-electron chi connectivity index (χ4n) is 1.67. The van der Waals surface area contributed by atoms with E-state index >= 15 is 0 Å². The van der Waals surface area contributed by atoms with E-state index in [2.05, 4.69) is 20.3 Å². The van der Waals surface area contributed by atoms with Crippen molar-refractivity contribution in [3.63, 3.8) is 0 Å². The third-order valence-electron chi connectivity index (χ3n) is 3.27. The highest BCUT2D eigenvalue weighted by Crippen LogP contribution is 2.14. The first-order chi connectivity index (χ1) is 11.2. The number of rotatable bonds is 8. The van der Waals surface area contributed by atoms with Gasteiger partial charge in [0.15, 0.2) is 5.96 Å². The second kappa shape index (κ2) is 11.2. The van der Waals surface area contributed by atoms with E-state index in [1.54, 1.807) is 26.3 Å². The number of halogens is 2. The largest absolute Gasteiger partial charge is 0.377 e. The van der Waals surface area contributed by atoms with E-state index in [1.807, 2.05) is 13.8 Å². The van der Waals surface area contributed by atoms with Crippen LogP contribution in [0.25, 0.3) is 0 Å². The zero-order valence-electron chi connectivity index (χ0n) is 14.8. The summed E-state index contributed by atoms with van der Waals surface area (Å²) in [5.74, 6) is 0.571. The van der Waals surface area contributed by atoms with Crippen molar-refractivity contribution in [3.8, 4) is 0 Å². The molecular formula is C15H26ClIN4O3S. The Morgan fingerprint density at radius 2 is 1.96 bits per heavy atom. The van der Waals surface area contributed by atoms with Crippen molar-refractivity contribution in [2.45, 2.75) is 24.3 Å². The average Bonchev–Trinajstić information content (AvgIpc) is 2.54. The molecule has 1 rings (SSSR count). The number of aliphatic imine (C=N–C) groups is 1. The topological polar surface area (TPSA) is 91.8 Å². The van der Waals surface area contributed by atoms with E-state index in [0.29, 0.717) is 24.1 Å². The molecule has 10 heteroatoms. The summed E-state index contributed by atoms with van der Waals surface area (Å²) in [5.41, 5.74) is -0.328. The molecule has 0 heterocycles. The SMILES string of the molecule is CN=C(NCCNS(=O)(=O)c1cccc(Cl)c1)NCC(C)(C)OC.I. The molecule has 0 bridgehead atoms. The average molecular weight is 505 g/mol. The normalized spacial score (nSPS) is 12.4. The summed E-state index contributed by atoms with van der Waals surface area (Å²) in [5, 5.41) is 6.52. The van der Waals surface area contributed by atoms with Gasteiger partial charge in [-0.1, -0.05) is 17.7 Å². The summed E-state index contributed by atoms with van der Waals surface area (Å²) in [6.07, 6.45) is 0. The second-order valence-corrected chi connectivity index (χ2v) is 7.87. The minimum absolute atomic E-state index is 0. The van der Waals surface area contributed by atoms with Gasteiger partial charge in [0.2, 0.25) is 10.0 Å². The first-order valence-electron chi connectivity index (χ1n) is 7.45. The maximum Gasteiger partial charge on any atom is 0.240 e. The molecule has 0 aromatic heterocycles. The first kappa shape index (κ1) is 24.4. The van der Waals surface area contributed by atoms with Gasteiger partial charge in [-0.2, -0.15) is 0 Å². The minimum Gasteiger partial charge on any atom is -0.377 e. The Morgan fingerprint density at radius 1 is 1.28 bits per heavy atom. The van der Waals surface area contributed by atoms with Gasteiger partial charge in [0, 0.05) is 38.8 Å². The van der Waals surface area contributed by atoms with Crippen LogP contribution in [0, 0.1) is 0 Å². The molecule has 1 aromatic rings. The van der Waals surface area contributed by atoms with Gasteiger partial charge in [0.05, 0.1) is 10.5 Å². The molecule has 1 aromatic carbocycles. The van der Waals surface area contributed by atoms with E-state index in [-0.39, 0.29) is 41.0 Å². The van der Waals surface area contributed by atoms with Crippen LogP contribution in [-0.2, 0) is 14.8 Å². The van der Waals surface area contributed by atoms with Crippen molar-refractivity contribution < 1.29 is 13.2 Å². The van der Waals surface area contributed by atoms with Crippen molar-refractivity contribution in [2.24, 2.45) is 4.99 Å². The van der Waals surface area contributed by atoms with Crippen molar-refractivity contribution in [3.05, 3.63) is 29.3 Å². The van der Waals surface area contributed by atoms with Crippen LogP contribution in [0.15, 0.2) is 34.2 Å².